The van der Waals surface area contributed by atoms with Crippen LogP contribution in [0.5, 0.6) is 0 Å². The predicted molar refractivity (Wildman–Crippen MR) is 154 cm³/mol. The Morgan fingerprint density at radius 1 is 0.912 bits per heavy atom. The molecule has 3 unspecified atom stereocenters. The molecule has 0 aliphatic heterocycles. The van der Waals surface area contributed by atoms with Crippen molar-refractivity contribution in [2.45, 2.75) is 106 Å². The number of benzene rings is 2. The lowest BCUT2D eigenvalue weighted by Crippen LogP contribution is -2.33. The molecule has 2 aromatic carbocycles. The van der Waals surface area contributed by atoms with Crippen molar-refractivity contribution >= 4 is 11.8 Å². The molecule has 2 rings (SSSR count). The van der Waals surface area contributed by atoms with Crippen molar-refractivity contribution in [1.29, 1.82) is 0 Å². The van der Waals surface area contributed by atoms with Gasteiger partial charge in [0.15, 0.2) is 0 Å². The molecule has 188 valence electrons. The highest BCUT2D eigenvalue weighted by molar-refractivity contribution is 5.70. The van der Waals surface area contributed by atoms with Crippen molar-refractivity contribution in [1.82, 2.24) is 0 Å². The van der Waals surface area contributed by atoms with Crippen LogP contribution >= 0.6 is 0 Å². The summed E-state index contributed by atoms with van der Waals surface area (Å²) in [5.74, 6) is 1.62. The van der Waals surface area contributed by atoms with E-state index in [1.807, 2.05) is 0 Å². The SMILES string of the molecule is C/C=C\c1c(C)cc(C)c(N(C)C(CCC)CCC(CC)CC(C)CCc2ccccc2)c1C. The van der Waals surface area contributed by atoms with E-state index in [0.717, 1.165) is 11.8 Å². The zero-order valence-electron chi connectivity index (χ0n) is 23.5. The second-order valence-corrected chi connectivity index (χ2v) is 10.7. The van der Waals surface area contributed by atoms with Gasteiger partial charge < -0.3 is 4.90 Å². The van der Waals surface area contributed by atoms with E-state index in [4.69, 9.17) is 0 Å². The maximum Gasteiger partial charge on any atom is 0.0431 e. The van der Waals surface area contributed by atoms with Crippen LogP contribution in [0.2, 0.25) is 0 Å². The summed E-state index contributed by atoms with van der Waals surface area (Å²) in [5, 5.41) is 0. The molecular weight excluding hydrogens is 410 g/mol. The van der Waals surface area contributed by atoms with Crippen LogP contribution in [-0.2, 0) is 6.42 Å². The number of allylic oxidation sites excluding steroid dienone is 1. The molecule has 0 saturated carbocycles. The Morgan fingerprint density at radius 3 is 2.24 bits per heavy atom. The highest BCUT2D eigenvalue weighted by Crippen LogP contribution is 2.34. The number of aryl methyl sites for hydroxylation is 3. The van der Waals surface area contributed by atoms with Crippen molar-refractivity contribution in [3.63, 3.8) is 0 Å². The first-order valence-corrected chi connectivity index (χ1v) is 13.8. The van der Waals surface area contributed by atoms with Gasteiger partial charge in [-0.3, -0.25) is 0 Å². The van der Waals surface area contributed by atoms with Gasteiger partial charge in [0.2, 0.25) is 0 Å². The lowest BCUT2D eigenvalue weighted by atomic mass is 9.85. The van der Waals surface area contributed by atoms with Gasteiger partial charge >= 0.3 is 0 Å². The minimum atomic E-state index is 0.609. The maximum atomic E-state index is 2.62. The average molecular weight is 462 g/mol. The molecule has 0 spiro atoms. The second-order valence-electron chi connectivity index (χ2n) is 10.7. The van der Waals surface area contributed by atoms with Gasteiger partial charge in [0.05, 0.1) is 0 Å². The van der Waals surface area contributed by atoms with E-state index in [-0.39, 0.29) is 0 Å². The molecule has 0 bridgehead atoms. The fraction of sp³-hybridized carbons (Fsp3) is 0.576. The summed E-state index contributed by atoms with van der Waals surface area (Å²) in [4.78, 5) is 2.62. The lowest BCUT2D eigenvalue weighted by Gasteiger charge is -2.34. The van der Waals surface area contributed by atoms with Crippen LogP contribution in [-0.4, -0.2) is 13.1 Å². The van der Waals surface area contributed by atoms with Crippen LogP contribution in [0.15, 0.2) is 42.5 Å². The smallest absolute Gasteiger partial charge is 0.0431 e. The summed E-state index contributed by atoms with van der Waals surface area (Å²) in [6.07, 6.45) is 14.8. The van der Waals surface area contributed by atoms with Gasteiger partial charge in [-0.2, -0.15) is 0 Å². The molecule has 0 N–H and O–H groups in total. The van der Waals surface area contributed by atoms with E-state index in [9.17, 15) is 0 Å². The third-order valence-electron chi connectivity index (χ3n) is 7.84. The molecule has 0 aliphatic carbocycles. The fourth-order valence-corrected chi connectivity index (χ4v) is 5.86. The lowest BCUT2D eigenvalue weighted by molar-refractivity contribution is 0.327. The molecule has 1 nitrogen and oxygen atoms in total. The summed E-state index contributed by atoms with van der Waals surface area (Å²) in [6, 6.07) is 14.0. The van der Waals surface area contributed by atoms with E-state index in [2.05, 4.69) is 109 Å². The molecule has 0 heterocycles. The predicted octanol–water partition coefficient (Wildman–Crippen LogP) is 9.72. The molecule has 0 radical (unpaired) electrons. The molecule has 0 aromatic heterocycles. The van der Waals surface area contributed by atoms with Crippen LogP contribution in [0, 0.1) is 32.6 Å². The van der Waals surface area contributed by atoms with Gasteiger partial charge in [-0.25, -0.2) is 0 Å². The van der Waals surface area contributed by atoms with Gasteiger partial charge in [0.25, 0.3) is 0 Å². The van der Waals surface area contributed by atoms with Crippen LogP contribution in [0.25, 0.3) is 6.08 Å². The normalized spacial score (nSPS) is 14.4. The molecule has 0 fully saturated rings. The Hall–Kier alpha value is -2.02. The van der Waals surface area contributed by atoms with Gasteiger partial charge in [-0.05, 0) is 106 Å². The van der Waals surface area contributed by atoms with Crippen LogP contribution in [0.1, 0.15) is 100 Å². The molecular formula is C33H51N. The van der Waals surface area contributed by atoms with E-state index >= 15 is 0 Å². The molecule has 0 saturated heterocycles. The van der Waals surface area contributed by atoms with Crippen molar-refractivity contribution in [3.05, 3.63) is 70.3 Å². The number of hydrogen-bond acceptors (Lipinski definition) is 1. The molecule has 1 heteroatoms. The highest BCUT2D eigenvalue weighted by Gasteiger charge is 2.22. The summed E-state index contributed by atoms with van der Waals surface area (Å²) in [5.41, 5.74) is 8.54. The van der Waals surface area contributed by atoms with Crippen LogP contribution in [0.3, 0.4) is 0 Å². The maximum absolute atomic E-state index is 2.62. The number of hydrogen-bond donors (Lipinski definition) is 0. The number of rotatable bonds is 14. The van der Waals surface area contributed by atoms with Crippen molar-refractivity contribution in [3.8, 4) is 0 Å². The zero-order valence-corrected chi connectivity index (χ0v) is 23.5. The van der Waals surface area contributed by atoms with Gasteiger partial charge in [0, 0.05) is 18.8 Å². The number of anilines is 1. The fourth-order valence-electron chi connectivity index (χ4n) is 5.86. The Labute approximate surface area is 211 Å². The third-order valence-corrected chi connectivity index (χ3v) is 7.84. The minimum Gasteiger partial charge on any atom is -0.371 e. The highest BCUT2D eigenvalue weighted by atomic mass is 15.1. The second kappa shape index (κ2) is 14.4. The van der Waals surface area contributed by atoms with Gasteiger partial charge in [-0.15, -0.1) is 0 Å². The number of nitrogens with zero attached hydrogens (tertiary/aromatic N) is 1. The van der Waals surface area contributed by atoms with Gasteiger partial charge in [0.1, 0.15) is 0 Å². The molecule has 3 atom stereocenters. The monoisotopic (exact) mass is 461 g/mol. The first kappa shape index (κ1) is 28.2. The van der Waals surface area contributed by atoms with E-state index < -0.39 is 0 Å². The van der Waals surface area contributed by atoms with Crippen LogP contribution < -0.4 is 4.90 Å². The molecule has 0 aliphatic rings. The Morgan fingerprint density at radius 2 is 1.62 bits per heavy atom. The molecule has 2 aromatic rings. The van der Waals surface area contributed by atoms with E-state index in [0.29, 0.717) is 6.04 Å². The minimum absolute atomic E-state index is 0.609. The van der Waals surface area contributed by atoms with Gasteiger partial charge in [-0.1, -0.05) is 82.2 Å². The van der Waals surface area contributed by atoms with Crippen molar-refractivity contribution in [2.75, 3.05) is 11.9 Å². The van der Waals surface area contributed by atoms with Crippen molar-refractivity contribution in [2.24, 2.45) is 11.8 Å². The summed E-state index contributed by atoms with van der Waals surface area (Å²) in [6.45, 7) is 16.2. The Kier molecular flexibility index (Phi) is 11.9. The Balaban J connectivity index is 2.05. The zero-order chi connectivity index (χ0) is 25.1. The van der Waals surface area contributed by atoms with E-state index in [1.165, 1.54) is 84.9 Å². The topological polar surface area (TPSA) is 3.24 Å². The summed E-state index contributed by atoms with van der Waals surface area (Å²) < 4.78 is 0. The first-order chi connectivity index (χ1) is 16.3. The first-order valence-electron chi connectivity index (χ1n) is 13.8. The third kappa shape index (κ3) is 8.03. The summed E-state index contributed by atoms with van der Waals surface area (Å²) in [7, 11) is 2.34. The van der Waals surface area contributed by atoms with Crippen LogP contribution in [0.4, 0.5) is 5.69 Å². The Bertz CT molecular complexity index is 879. The average Bonchev–Trinajstić information content (AvgIpc) is 2.82. The summed E-state index contributed by atoms with van der Waals surface area (Å²) >= 11 is 0. The molecule has 0 amide bonds. The standard InChI is InChI=1S/C33H51N/c1-9-15-31(34(8)33-27(6)24-26(5)32(16-10-2)28(33)7)22-21-29(11-3)23-25(4)19-20-30-17-13-12-14-18-30/h10,12-14,16-18,24-25,29,31H,9,11,15,19-23H2,1-8H3/b16-10-. The van der Waals surface area contributed by atoms with E-state index in [1.54, 1.807) is 0 Å². The molecule has 34 heavy (non-hydrogen) atoms. The van der Waals surface area contributed by atoms with Crippen molar-refractivity contribution < 1.29 is 0 Å². The largest absolute Gasteiger partial charge is 0.371 e. The quantitative estimate of drug-likeness (QED) is 0.270.